The normalized spacial score (nSPS) is 12.8. The number of nitrogens with zero attached hydrogens (tertiary/aromatic N) is 2. The van der Waals surface area contributed by atoms with Crippen LogP contribution in [0.1, 0.15) is 31.4 Å². The highest BCUT2D eigenvalue weighted by molar-refractivity contribution is 7.92. The van der Waals surface area contributed by atoms with Crippen molar-refractivity contribution in [1.82, 2.24) is 10.2 Å². The molecule has 2 atom stereocenters. The van der Waals surface area contributed by atoms with Crippen LogP contribution in [-0.4, -0.2) is 50.0 Å². The van der Waals surface area contributed by atoms with Gasteiger partial charge in [0.2, 0.25) is 21.8 Å². The molecular weight excluding hydrogens is 576 g/mol. The first-order valence-electron chi connectivity index (χ1n) is 12.7. The number of benzene rings is 3. The van der Waals surface area contributed by atoms with E-state index in [4.69, 9.17) is 23.2 Å². The lowest BCUT2D eigenvalue weighted by atomic mass is 10.0. The standard InChI is InChI=1S/C29H32Cl2FN3O4S/c1-4-20(2)33-29(37)27(16-21-10-6-5-7-11-21)34(18-24-25(30)14-9-15-26(24)31)28(36)19-35(40(3,38)39)23-13-8-12-22(32)17-23/h5-15,17,20,27H,4,16,18-19H2,1-3H3,(H,33,37)/t20-,27-/m0/s1. The van der Waals surface area contributed by atoms with Gasteiger partial charge in [0.25, 0.3) is 0 Å². The minimum atomic E-state index is -4.01. The molecule has 0 radical (unpaired) electrons. The lowest BCUT2D eigenvalue weighted by molar-refractivity contribution is -0.140. The van der Waals surface area contributed by atoms with Crippen molar-refractivity contribution in [1.29, 1.82) is 0 Å². The van der Waals surface area contributed by atoms with Gasteiger partial charge in [-0.15, -0.1) is 0 Å². The molecule has 1 N–H and O–H groups in total. The third-order valence-corrected chi connectivity index (χ3v) is 8.29. The van der Waals surface area contributed by atoms with E-state index in [1.54, 1.807) is 18.2 Å². The maximum absolute atomic E-state index is 14.0. The molecule has 0 unspecified atom stereocenters. The summed E-state index contributed by atoms with van der Waals surface area (Å²) in [6, 6.07) is 17.8. The Kier molecular flexibility index (Phi) is 11.0. The summed E-state index contributed by atoms with van der Waals surface area (Å²) in [7, 11) is -4.01. The van der Waals surface area contributed by atoms with Crippen LogP contribution in [0.4, 0.5) is 10.1 Å². The molecule has 2 amide bonds. The molecule has 0 aliphatic carbocycles. The van der Waals surface area contributed by atoms with Crippen molar-refractivity contribution in [3.8, 4) is 0 Å². The van der Waals surface area contributed by atoms with Gasteiger partial charge in [0.15, 0.2) is 0 Å². The molecule has 40 heavy (non-hydrogen) atoms. The van der Waals surface area contributed by atoms with E-state index in [0.717, 1.165) is 22.2 Å². The molecule has 0 aliphatic heterocycles. The summed E-state index contributed by atoms with van der Waals surface area (Å²) in [6.07, 6.45) is 1.74. The number of halogens is 3. The Bertz CT molecular complexity index is 1420. The van der Waals surface area contributed by atoms with E-state index in [-0.39, 0.29) is 34.7 Å². The molecule has 0 bridgehead atoms. The van der Waals surface area contributed by atoms with Crippen molar-refractivity contribution in [2.24, 2.45) is 0 Å². The first kappa shape index (κ1) is 31.4. The molecular formula is C29H32Cl2FN3O4S. The molecule has 0 fully saturated rings. The number of nitrogens with one attached hydrogen (secondary N) is 1. The van der Waals surface area contributed by atoms with Crippen LogP contribution >= 0.6 is 23.2 Å². The van der Waals surface area contributed by atoms with Gasteiger partial charge in [-0.2, -0.15) is 0 Å². The Hall–Kier alpha value is -3.14. The zero-order valence-electron chi connectivity index (χ0n) is 22.5. The molecule has 3 aromatic carbocycles. The predicted octanol–water partition coefficient (Wildman–Crippen LogP) is 5.45. The number of sulfonamides is 1. The molecule has 3 rings (SSSR count). The lowest BCUT2D eigenvalue weighted by Gasteiger charge is -2.34. The number of rotatable bonds is 12. The van der Waals surface area contributed by atoms with E-state index in [0.29, 0.717) is 12.0 Å². The van der Waals surface area contributed by atoms with Gasteiger partial charge in [0, 0.05) is 34.6 Å². The van der Waals surface area contributed by atoms with Crippen LogP contribution in [-0.2, 0) is 32.6 Å². The largest absolute Gasteiger partial charge is 0.352 e. The van der Waals surface area contributed by atoms with Crippen LogP contribution in [0.5, 0.6) is 0 Å². The van der Waals surface area contributed by atoms with Gasteiger partial charge in [-0.05, 0) is 49.2 Å². The zero-order chi connectivity index (χ0) is 29.4. The highest BCUT2D eigenvalue weighted by Crippen LogP contribution is 2.28. The molecule has 7 nitrogen and oxygen atoms in total. The molecule has 0 saturated heterocycles. The van der Waals surface area contributed by atoms with E-state index >= 15 is 0 Å². The van der Waals surface area contributed by atoms with Crippen LogP contribution in [0, 0.1) is 5.82 Å². The van der Waals surface area contributed by atoms with Crippen LogP contribution in [0.2, 0.25) is 10.0 Å². The van der Waals surface area contributed by atoms with Crippen molar-refractivity contribution in [3.63, 3.8) is 0 Å². The highest BCUT2D eigenvalue weighted by Gasteiger charge is 2.34. The van der Waals surface area contributed by atoms with Gasteiger partial charge in [0.1, 0.15) is 18.4 Å². The maximum Gasteiger partial charge on any atom is 0.244 e. The number of hydrogen-bond donors (Lipinski definition) is 1. The monoisotopic (exact) mass is 607 g/mol. The number of carbonyl (C=O) groups is 2. The fourth-order valence-corrected chi connectivity index (χ4v) is 5.45. The lowest BCUT2D eigenvalue weighted by Crippen LogP contribution is -2.54. The molecule has 11 heteroatoms. The number of hydrogen-bond acceptors (Lipinski definition) is 4. The zero-order valence-corrected chi connectivity index (χ0v) is 24.8. The van der Waals surface area contributed by atoms with E-state index in [1.807, 2.05) is 44.2 Å². The first-order chi connectivity index (χ1) is 18.9. The summed E-state index contributed by atoms with van der Waals surface area (Å²) in [5.74, 6) is -1.76. The fraction of sp³-hybridized carbons (Fsp3) is 0.310. The van der Waals surface area contributed by atoms with Crippen LogP contribution in [0.15, 0.2) is 72.8 Å². The second-order valence-electron chi connectivity index (χ2n) is 9.49. The van der Waals surface area contributed by atoms with Gasteiger partial charge < -0.3 is 10.2 Å². The van der Waals surface area contributed by atoms with Gasteiger partial charge in [-0.3, -0.25) is 13.9 Å². The third-order valence-electron chi connectivity index (χ3n) is 6.44. The Morgan fingerprint density at radius 3 is 2.17 bits per heavy atom. The highest BCUT2D eigenvalue weighted by atomic mass is 35.5. The Morgan fingerprint density at radius 1 is 0.975 bits per heavy atom. The summed E-state index contributed by atoms with van der Waals surface area (Å²) in [6.45, 7) is 2.94. The summed E-state index contributed by atoms with van der Waals surface area (Å²) in [5.41, 5.74) is 1.18. The van der Waals surface area contributed by atoms with Crippen molar-refractivity contribution >= 4 is 50.7 Å². The molecule has 0 spiro atoms. The van der Waals surface area contributed by atoms with Gasteiger partial charge in [0.05, 0.1) is 11.9 Å². The topological polar surface area (TPSA) is 86.8 Å². The molecule has 0 aliphatic rings. The predicted molar refractivity (Wildman–Crippen MR) is 157 cm³/mol. The molecule has 3 aromatic rings. The number of anilines is 1. The van der Waals surface area contributed by atoms with Crippen molar-refractivity contribution in [2.45, 2.75) is 45.3 Å². The van der Waals surface area contributed by atoms with Gasteiger partial charge in [-0.25, -0.2) is 12.8 Å². The van der Waals surface area contributed by atoms with Crippen molar-refractivity contribution < 1.29 is 22.4 Å². The van der Waals surface area contributed by atoms with E-state index in [2.05, 4.69) is 5.32 Å². The second kappa shape index (κ2) is 14.0. The first-order valence-corrected chi connectivity index (χ1v) is 15.3. The SMILES string of the molecule is CC[C@H](C)NC(=O)[C@H](Cc1ccccc1)N(Cc1c(Cl)cccc1Cl)C(=O)CN(c1cccc(F)c1)S(C)(=O)=O. The third kappa shape index (κ3) is 8.43. The Morgan fingerprint density at radius 2 is 1.60 bits per heavy atom. The molecule has 0 heterocycles. The Balaban J connectivity index is 2.11. The summed E-state index contributed by atoms with van der Waals surface area (Å²) in [5, 5.41) is 3.52. The Labute approximate surface area is 244 Å². The van der Waals surface area contributed by atoms with E-state index < -0.39 is 40.2 Å². The fourth-order valence-electron chi connectivity index (χ4n) is 4.09. The van der Waals surface area contributed by atoms with Crippen LogP contribution in [0.25, 0.3) is 0 Å². The van der Waals surface area contributed by atoms with Crippen LogP contribution in [0.3, 0.4) is 0 Å². The summed E-state index contributed by atoms with van der Waals surface area (Å²) >= 11 is 12.9. The number of carbonyl (C=O) groups excluding carboxylic acids is 2. The van der Waals surface area contributed by atoms with E-state index in [1.165, 1.54) is 23.1 Å². The molecule has 0 saturated carbocycles. The minimum Gasteiger partial charge on any atom is -0.352 e. The smallest absolute Gasteiger partial charge is 0.244 e. The second-order valence-corrected chi connectivity index (χ2v) is 12.2. The number of amides is 2. The van der Waals surface area contributed by atoms with E-state index in [9.17, 15) is 22.4 Å². The average Bonchev–Trinajstić information content (AvgIpc) is 2.90. The van der Waals surface area contributed by atoms with Gasteiger partial charge in [-0.1, -0.05) is 72.6 Å². The quantitative estimate of drug-likeness (QED) is 0.296. The maximum atomic E-state index is 14.0. The van der Waals surface area contributed by atoms with Crippen LogP contribution < -0.4 is 9.62 Å². The minimum absolute atomic E-state index is 0.0183. The molecule has 0 aromatic heterocycles. The summed E-state index contributed by atoms with van der Waals surface area (Å²) in [4.78, 5) is 29.0. The molecule has 214 valence electrons. The van der Waals surface area contributed by atoms with Crippen molar-refractivity contribution in [3.05, 3.63) is 99.8 Å². The average molecular weight is 609 g/mol. The van der Waals surface area contributed by atoms with Crippen molar-refractivity contribution in [2.75, 3.05) is 17.1 Å². The summed E-state index contributed by atoms with van der Waals surface area (Å²) < 4.78 is 40.3. The van der Waals surface area contributed by atoms with Gasteiger partial charge >= 0.3 is 0 Å².